The Kier molecular flexibility index (Phi) is 5.39. The second-order valence-corrected chi connectivity index (χ2v) is 10.7. The van der Waals surface area contributed by atoms with E-state index in [9.17, 15) is 0 Å². The first-order valence-electron chi connectivity index (χ1n) is 10.3. The second-order valence-electron chi connectivity index (χ2n) is 7.29. The molecule has 5 rings (SSSR count). The van der Waals surface area contributed by atoms with Crippen LogP contribution in [0.4, 0.5) is 0 Å². The first-order valence-corrected chi connectivity index (χ1v) is 12.1. The van der Waals surface area contributed by atoms with Crippen molar-refractivity contribution in [1.29, 1.82) is 0 Å². The molecule has 3 heteroatoms. The van der Waals surface area contributed by atoms with Crippen LogP contribution >= 0.6 is 7.26 Å². The highest BCUT2D eigenvalue weighted by Crippen LogP contribution is 2.54. The van der Waals surface area contributed by atoms with Crippen molar-refractivity contribution in [3.8, 4) is 11.4 Å². The molecule has 2 aromatic heterocycles. The standard InChI is InChI=1S/C28H22N2P/c1-4-12-23(13-5-1)31(24-14-6-2-7-15-24,25-16-8-3-9-17-25)26-19-21-30-28(22-26)27-18-10-11-20-29-27/h1-22H/q+1. The van der Waals surface area contributed by atoms with E-state index >= 15 is 0 Å². The fourth-order valence-corrected chi connectivity index (χ4v) is 8.38. The van der Waals surface area contributed by atoms with E-state index in [-0.39, 0.29) is 0 Å². The lowest BCUT2D eigenvalue weighted by Crippen LogP contribution is -2.38. The zero-order valence-corrected chi connectivity index (χ0v) is 17.9. The van der Waals surface area contributed by atoms with E-state index < -0.39 is 7.26 Å². The molecule has 0 aliphatic heterocycles. The zero-order valence-electron chi connectivity index (χ0n) is 17.0. The van der Waals surface area contributed by atoms with Gasteiger partial charge in [0.05, 0.1) is 11.4 Å². The summed E-state index contributed by atoms with van der Waals surface area (Å²) in [6.07, 6.45) is 3.74. The number of aromatic nitrogens is 2. The lowest BCUT2D eigenvalue weighted by molar-refractivity contribution is 1.25. The number of benzene rings is 3. The highest BCUT2D eigenvalue weighted by Gasteiger charge is 2.47. The first kappa shape index (κ1) is 19.4. The third-order valence-electron chi connectivity index (χ3n) is 5.49. The van der Waals surface area contributed by atoms with Gasteiger partial charge in [0.25, 0.3) is 0 Å². The van der Waals surface area contributed by atoms with Gasteiger partial charge in [-0.25, -0.2) is 0 Å². The lowest BCUT2D eigenvalue weighted by atomic mass is 10.2. The van der Waals surface area contributed by atoms with Crippen molar-refractivity contribution >= 4 is 28.5 Å². The minimum atomic E-state index is -2.12. The molecule has 0 aliphatic rings. The van der Waals surface area contributed by atoms with Crippen molar-refractivity contribution in [1.82, 2.24) is 9.97 Å². The number of hydrogen-bond acceptors (Lipinski definition) is 2. The molecule has 0 saturated heterocycles. The van der Waals surface area contributed by atoms with Crippen molar-refractivity contribution in [3.63, 3.8) is 0 Å². The Hall–Kier alpha value is -3.61. The Morgan fingerprint density at radius 2 is 0.871 bits per heavy atom. The van der Waals surface area contributed by atoms with E-state index in [1.54, 1.807) is 0 Å². The third-order valence-corrected chi connectivity index (χ3v) is 9.76. The van der Waals surface area contributed by atoms with Gasteiger partial charge in [0.2, 0.25) is 0 Å². The van der Waals surface area contributed by atoms with Gasteiger partial charge in [0.1, 0.15) is 28.5 Å². The molecule has 0 spiro atoms. The summed E-state index contributed by atoms with van der Waals surface area (Å²) in [5.41, 5.74) is 1.78. The number of pyridine rings is 2. The molecule has 148 valence electrons. The smallest absolute Gasteiger partial charge is 0.144 e. The molecular weight excluding hydrogens is 395 g/mol. The molecule has 31 heavy (non-hydrogen) atoms. The van der Waals surface area contributed by atoms with Crippen molar-refractivity contribution in [2.24, 2.45) is 0 Å². The first-order chi connectivity index (χ1) is 15.4. The monoisotopic (exact) mass is 417 g/mol. The summed E-state index contributed by atoms with van der Waals surface area (Å²) in [7, 11) is -2.12. The maximum absolute atomic E-state index is 4.66. The van der Waals surface area contributed by atoms with Gasteiger partial charge in [0, 0.05) is 18.5 Å². The van der Waals surface area contributed by atoms with Crippen LogP contribution in [-0.2, 0) is 0 Å². The Balaban J connectivity index is 1.85. The molecule has 2 heterocycles. The van der Waals surface area contributed by atoms with Gasteiger partial charge in [-0.1, -0.05) is 60.7 Å². The van der Waals surface area contributed by atoms with Gasteiger partial charge < -0.3 is 0 Å². The molecule has 0 unspecified atom stereocenters. The number of rotatable bonds is 5. The molecule has 0 N–H and O–H groups in total. The SMILES string of the molecule is c1ccc([P+](c2ccccc2)(c2ccccc2)c2ccnc(-c3ccccn3)c2)cc1. The Morgan fingerprint density at radius 3 is 1.35 bits per heavy atom. The predicted molar refractivity (Wildman–Crippen MR) is 132 cm³/mol. The van der Waals surface area contributed by atoms with Crippen molar-refractivity contribution in [2.45, 2.75) is 0 Å². The third kappa shape index (κ3) is 3.56. The molecule has 3 aromatic carbocycles. The van der Waals surface area contributed by atoms with Crippen LogP contribution in [0.3, 0.4) is 0 Å². The van der Waals surface area contributed by atoms with Crippen LogP contribution in [-0.4, -0.2) is 9.97 Å². The number of nitrogens with zero attached hydrogens (tertiary/aromatic N) is 2. The summed E-state index contributed by atoms with van der Waals surface area (Å²) >= 11 is 0. The summed E-state index contributed by atoms with van der Waals surface area (Å²) in [5, 5.41) is 5.24. The van der Waals surface area contributed by atoms with E-state index in [1.807, 2.05) is 30.6 Å². The van der Waals surface area contributed by atoms with E-state index in [2.05, 4.69) is 113 Å². The average molecular weight is 417 g/mol. The van der Waals surface area contributed by atoms with Crippen LogP contribution in [0.2, 0.25) is 0 Å². The fourth-order valence-electron chi connectivity index (χ4n) is 4.13. The van der Waals surface area contributed by atoms with Gasteiger partial charge in [-0.15, -0.1) is 0 Å². The molecule has 0 amide bonds. The molecule has 0 radical (unpaired) electrons. The Morgan fingerprint density at radius 1 is 0.387 bits per heavy atom. The summed E-state index contributed by atoms with van der Waals surface area (Å²) in [6.45, 7) is 0. The topological polar surface area (TPSA) is 25.8 Å². The minimum Gasteiger partial charge on any atom is -0.255 e. The fraction of sp³-hybridized carbons (Fsp3) is 0. The van der Waals surface area contributed by atoms with Crippen LogP contribution in [0, 0.1) is 0 Å². The average Bonchev–Trinajstić information content (AvgIpc) is 2.87. The quantitative estimate of drug-likeness (QED) is 0.385. The molecule has 0 atom stereocenters. The molecule has 5 aromatic rings. The van der Waals surface area contributed by atoms with E-state index in [1.165, 1.54) is 21.2 Å². The van der Waals surface area contributed by atoms with Crippen LogP contribution in [0.1, 0.15) is 0 Å². The van der Waals surface area contributed by atoms with Crippen molar-refractivity contribution in [3.05, 3.63) is 134 Å². The van der Waals surface area contributed by atoms with Crippen molar-refractivity contribution < 1.29 is 0 Å². The van der Waals surface area contributed by atoms with Crippen LogP contribution in [0.5, 0.6) is 0 Å². The Labute approximate surface area is 183 Å². The highest BCUT2D eigenvalue weighted by molar-refractivity contribution is 8.01. The van der Waals surface area contributed by atoms with E-state index in [4.69, 9.17) is 0 Å². The summed E-state index contributed by atoms with van der Waals surface area (Å²) in [6, 6.07) is 43.0. The lowest BCUT2D eigenvalue weighted by Gasteiger charge is -2.27. The summed E-state index contributed by atoms with van der Waals surface area (Å²) < 4.78 is 0. The second kappa shape index (κ2) is 8.63. The maximum atomic E-state index is 4.66. The summed E-state index contributed by atoms with van der Waals surface area (Å²) in [5.74, 6) is 0. The van der Waals surface area contributed by atoms with Crippen molar-refractivity contribution in [2.75, 3.05) is 0 Å². The van der Waals surface area contributed by atoms with E-state index in [0.29, 0.717) is 0 Å². The predicted octanol–water partition coefficient (Wildman–Crippen LogP) is 4.76. The number of hydrogen-bond donors (Lipinski definition) is 0. The van der Waals surface area contributed by atoms with E-state index in [0.717, 1.165) is 11.4 Å². The van der Waals surface area contributed by atoms with Crippen LogP contribution in [0.25, 0.3) is 11.4 Å². The van der Waals surface area contributed by atoms with Crippen LogP contribution in [0.15, 0.2) is 134 Å². The molecular formula is C28H22N2P+. The van der Waals surface area contributed by atoms with Gasteiger partial charge in [-0.3, -0.25) is 9.97 Å². The molecule has 2 nitrogen and oxygen atoms in total. The van der Waals surface area contributed by atoms with Gasteiger partial charge in [-0.05, 0) is 54.6 Å². The minimum absolute atomic E-state index is 0.886. The molecule has 0 aliphatic carbocycles. The normalized spacial score (nSPS) is 11.2. The largest absolute Gasteiger partial charge is 0.255 e. The summed E-state index contributed by atoms with van der Waals surface area (Å²) in [4.78, 5) is 9.20. The molecule has 0 fully saturated rings. The van der Waals surface area contributed by atoms with Gasteiger partial charge in [-0.2, -0.15) is 0 Å². The Bertz CT molecular complexity index is 1160. The van der Waals surface area contributed by atoms with Gasteiger partial charge in [0.15, 0.2) is 0 Å². The van der Waals surface area contributed by atoms with Crippen LogP contribution < -0.4 is 21.2 Å². The molecule has 0 bridgehead atoms. The highest BCUT2D eigenvalue weighted by atomic mass is 31.2. The molecule has 0 saturated carbocycles. The zero-order chi connectivity index (χ0) is 20.9. The van der Waals surface area contributed by atoms with Gasteiger partial charge >= 0.3 is 0 Å². The maximum Gasteiger partial charge on any atom is 0.144 e.